The van der Waals surface area contributed by atoms with E-state index in [1.54, 1.807) is 4.90 Å². The molecule has 1 spiro atoms. The third-order valence-electron chi connectivity index (χ3n) is 5.64. The van der Waals surface area contributed by atoms with Crippen LogP contribution in [-0.4, -0.2) is 53.5 Å². The van der Waals surface area contributed by atoms with Gasteiger partial charge < -0.3 is 19.5 Å². The molecule has 0 radical (unpaired) electrons. The van der Waals surface area contributed by atoms with Crippen LogP contribution in [0.4, 0.5) is 4.79 Å². The molecule has 6 heteroatoms. The van der Waals surface area contributed by atoms with Crippen molar-refractivity contribution in [3.05, 3.63) is 29.1 Å². The van der Waals surface area contributed by atoms with Gasteiger partial charge in [0.25, 0.3) is 0 Å². The van der Waals surface area contributed by atoms with Crippen LogP contribution in [0.2, 0.25) is 0 Å². The van der Waals surface area contributed by atoms with Crippen LogP contribution < -0.4 is 4.74 Å². The fourth-order valence-electron chi connectivity index (χ4n) is 3.81. The van der Waals surface area contributed by atoms with Crippen LogP contribution in [0.25, 0.3) is 5.57 Å². The van der Waals surface area contributed by atoms with Gasteiger partial charge in [-0.2, -0.15) is 0 Å². The Morgan fingerprint density at radius 3 is 2.50 bits per heavy atom. The number of carbonyl (C=O) groups excluding carboxylic acids is 1. The minimum Gasteiger partial charge on any atom is -0.485 e. The normalized spacial score (nSPS) is 19.1. The Balaban J connectivity index is 0.00000136. The zero-order valence-corrected chi connectivity index (χ0v) is 17.9. The Hall–Kier alpha value is -2.08. The maximum Gasteiger partial charge on any atom is 0.409 e. The second-order valence-electron chi connectivity index (χ2n) is 7.26. The molecule has 1 fully saturated rings. The molecule has 1 saturated heterocycles. The van der Waals surface area contributed by atoms with Gasteiger partial charge in [-0.05, 0) is 44.4 Å². The van der Waals surface area contributed by atoms with Crippen LogP contribution in [0.3, 0.4) is 0 Å². The summed E-state index contributed by atoms with van der Waals surface area (Å²) < 4.78 is 11.6. The van der Waals surface area contributed by atoms with Gasteiger partial charge in [-0.3, -0.25) is 0 Å². The first-order valence-corrected chi connectivity index (χ1v) is 10.3. The summed E-state index contributed by atoms with van der Waals surface area (Å²) in [5.41, 5.74) is 4.58. The van der Waals surface area contributed by atoms with Crippen molar-refractivity contribution in [2.75, 3.05) is 26.8 Å². The van der Waals surface area contributed by atoms with Crippen molar-refractivity contribution in [2.45, 2.75) is 65.4 Å². The van der Waals surface area contributed by atoms with E-state index in [-0.39, 0.29) is 11.7 Å². The molecule has 0 saturated carbocycles. The number of aromatic nitrogens is 1. The number of nitrogens with zero attached hydrogens (tertiary/aromatic N) is 2. The van der Waals surface area contributed by atoms with Crippen molar-refractivity contribution >= 4 is 11.7 Å². The first-order valence-electron chi connectivity index (χ1n) is 10.3. The van der Waals surface area contributed by atoms with Crippen molar-refractivity contribution < 1.29 is 19.4 Å². The van der Waals surface area contributed by atoms with E-state index in [0.29, 0.717) is 19.7 Å². The fourth-order valence-corrected chi connectivity index (χ4v) is 3.81. The lowest BCUT2D eigenvalue weighted by Crippen LogP contribution is -2.51. The predicted octanol–water partition coefficient (Wildman–Crippen LogP) is 4.21. The summed E-state index contributed by atoms with van der Waals surface area (Å²) in [7, 11) is 1.00. The van der Waals surface area contributed by atoms with E-state index in [1.807, 2.05) is 6.92 Å². The topological polar surface area (TPSA) is 71.9 Å². The molecule has 0 bridgehead atoms. The highest BCUT2D eigenvalue weighted by molar-refractivity contribution is 5.73. The largest absolute Gasteiger partial charge is 0.485 e. The summed E-state index contributed by atoms with van der Waals surface area (Å²) in [4.78, 5) is 18.7. The molecule has 3 heterocycles. The number of ether oxygens (including phenoxy) is 2. The zero-order chi connectivity index (χ0) is 20.7. The number of aliphatic hydroxyl groups excluding tert-OH is 1. The summed E-state index contributed by atoms with van der Waals surface area (Å²) in [5, 5.41) is 7.00. The van der Waals surface area contributed by atoms with Gasteiger partial charge in [-0.1, -0.05) is 19.4 Å². The molecule has 2 aliphatic heterocycles. The fraction of sp³-hybridized carbons (Fsp3) is 0.636. The monoisotopic (exact) mass is 390 g/mol. The van der Waals surface area contributed by atoms with Crippen LogP contribution in [0.5, 0.6) is 5.75 Å². The Kier molecular flexibility index (Phi) is 7.87. The molecule has 0 atom stereocenters. The molecule has 1 aromatic heterocycles. The van der Waals surface area contributed by atoms with Crippen molar-refractivity contribution in [1.29, 1.82) is 0 Å². The van der Waals surface area contributed by atoms with Crippen LogP contribution >= 0.6 is 0 Å². The number of aliphatic hydroxyl groups is 1. The Morgan fingerprint density at radius 2 is 1.93 bits per heavy atom. The number of hydrogen-bond acceptors (Lipinski definition) is 5. The second kappa shape index (κ2) is 9.92. The van der Waals surface area contributed by atoms with Gasteiger partial charge in [-0.15, -0.1) is 0 Å². The van der Waals surface area contributed by atoms with Crippen molar-refractivity contribution in [3.8, 4) is 5.75 Å². The molecule has 28 heavy (non-hydrogen) atoms. The zero-order valence-electron chi connectivity index (χ0n) is 17.9. The summed E-state index contributed by atoms with van der Waals surface area (Å²) in [6.45, 7) is 10.1. The molecular weight excluding hydrogens is 356 g/mol. The van der Waals surface area contributed by atoms with E-state index >= 15 is 0 Å². The Morgan fingerprint density at radius 1 is 1.25 bits per heavy atom. The third-order valence-corrected chi connectivity index (χ3v) is 5.64. The number of hydrogen-bond donors (Lipinski definition) is 1. The standard InChI is InChI=1S/C21H30N2O3.CH4O/c1-5-15(4)17-14-21(10-12-23(13-11-21)20(24)25-7-3)26-18-9-8-16(6-2)22-19(17)18;1-2/h8-9H,5-7,10-14H2,1-4H3;2H,1H3/b17-15-;. The lowest BCUT2D eigenvalue weighted by atomic mass is 9.80. The molecular formula is C22H34N2O4. The average molecular weight is 391 g/mol. The molecule has 2 aliphatic rings. The van der Waals surface area contributed by atoms with Gasteiger partial charge in [0, 0.05) is 45.2 Å². The first-order chi connectivity index (χ1) is 13.5. The van der Waals surface area contributed by atoms with Crippen molar-refractivity contribution in [1.82, 2.24) is 9.88 Å². The summed E-state index contributed by atoms with van der Waals surface area (Å²) in [6.07, 6.45) is 4.23. The van der Waals surface area contributed by atoms with Gasteiger partial charge in [0.2, 0.25) is 0 Å². The highest BCUT2D eigenvalue weighted by atomic mass is 16.6. The van der Waals surface area contributed by atoms with Gasteiger partial charge in [0.05, 0.1) is 6.61 Å². The van der Waals surface area contributed by atoms with Crippen LogP contribution in [0.1, 0.15) is 64.8 Å². The number of pyridine rings is 1. The van der Waals surface area contributed by atoms with E-state index < -0.39 is 0 Å². The molecule has 1 amide bonds. The maximum absolute atomic E-state index is 12.0. The van der Waals surface area contributed by atoms with Gasteiger partial charge in [0.15, 0.2) is 0 Å². The number of piperidine rings is 1. The summed E-state index contributed by atoms with van der Waals surface area (Å²) in [5.74, 6) is 0.890. The Labute approximate surface area is 168 Å². The molecule has 1 N–H and O–H groups in total. The minimum absolute atomic E-state index is 0.215. The van der Waals surface area contributed by atoms with Crippen LogP contribution in [0, 0.1) is 0 Å². The lowest BCUT2D eigenvalue weighted by molar-refractivity contribution is -0.000673. The van der Waals surface area contributed by atoms with Crippen LogP contribution in [0.15, 0.2) is 17.7 Å². The number of carbonyl (C=O) groups is 1. The second-order valence-corrected chi connectivity index (χ2v) is 7.26. The molecule has 156 valence electrons. The average Bonchev–Trinajstić information content (AvgIpc) is 2.74. The quantitative estimate of drug-likeness (QED) is 0.837. The van der Waals surface area contributed by atoms with E-state index in [2.05, 4.69) is 32.9 Å². The predicted molar refractivity (Wildman–Crippen MR) is 110 cm³/mol. The van der Waals surface area contributed by atoms with Crippen LogP contribution in [-0.2, 0) is 11.2 Å². The summed E-state index contributed by atoms with van der Waals surface area (Å²) >= 11 is 0. The highest BCUT2D eigenvalue weighted by Gasteiger charge is 2.43. The van der Waals surface area contributed by atoms with Gasteiger partial charge in [-0.25, -0.2) is 9.78 Å². The number of fused-ring (bicyclic) bond motifs is 1. The molecule has 0 unspecified atom stereocenters. The molecule has 1 aromatic rings. The smallest absolute Gasteiger partial charge is 0.409 e. The third kappa shape index (κ3) is 4.66. The van der Waals surface area contributed by atoms with E-state index in [0.717, 1.165) is 56.4 Å². The first kappa shape index (κ1) is 22.2. The number of rotatable bonds is 3. The van der Waals surface area contributed by atoms with E-state index in [4.69, 9.17) is 19.6 Å². The number of amides is 1. The van der Waals surface area contributed by atoms with E-state index in [9.17, 15) is 4.79 Å². The molecule has 6 nitrogen and oxygen atoms in total. The molecule has 3 rings (SSSR count). The Bertz CT molecular complexity index is 706. The van der Waals surface area contributed by atoms with Crippen molar-refractivity contribution in [3.63, 3.8) is 0 Å². The number of allylic oxidation sites excluding steroid dienone is 1. The minimum atomic E-state index is -0.239. The lowest BCUT2D eigenvalue weighted by Gasteiger charge is -2.45. The number of likely N-dealkylation sites (tertiary alicyclic amines) is 1. The number of aryl methyl sites for hydroxylation is 1. The van der Waals surface area contributed by atoms with Gasteiger partial charge in [0.1, 0.15) is 17.0 Å². The SMILES string of the molecule is CCOC(=O)N1CCC2(CC1)C/C(=C(\C)CC)c1nc(CC)ccc1O2.CO. The van der Waals surface area contributed by atoms with Crippen molar-refractivity contribution in [2.24, 2.45) is 0 Å². The molecule has 0 aromatic carbocycles. The van der Waals surface area contributed by atoms with E-state index in [1.165, 1.54) is 11.1 Å². The van der Waals surface area contributed by atoms with Gasteiger partial charge >= 0.3 is 6.09 Å². The maximum atomic E-state index is 12.0. The summed E-state index contributed by atoms with van der Waals surface area (Å²) in [6, 6.07) is 4.13. The highest BCUT2D eigenvalue weighted by Crippen LogP contribution is 2.45. The molecule has 0 aliphatic carbocycles.